The molecule has 0 atom stereocenters. The minimum absolute atomic E-state index is 0.227. The van der Waals surface area contributed by atoms with E-state index in [9.17, 15) is 9.59 Å². The van der Waals surface area contributed by atoms with Crippen molar-refractivity contribution in [1.82, 2.24) is 0 Å². The lowest BCUT2D eigenvalue weighted by atomic mass is 9.95. The van der Waals surface area contributed by atoms with Gasteiger partial charge in [0.25, 0.3) is 0 Å². The van der Waals surface area contributed by atoms with Crippen LogP contribution in [0.5, 0.6) is 0 Å². The van der Waals surface area contributed by atoms with Gasteiger partial charge in [-0.2, -0.15) is 0 Å². The maximum Gasteiger partial charge on any atom is 0.248 e. The fraction of sp³-hybridized carbons (Fsp3) is 0.364. The van der Waals surface area contributed by atoms with Crippen LogP contribution in [0, 0.1) is 0 Å². The zero-order valence-electron chi connectivity index (χ0n) is 16.6. The first-order valence-electron chi connectivity index (χ1n) is 9.30. The number of hydrogen-bond donors (Lipinski definition) is 1. The van der Waals surface area contributed by atoms with Crippen molar-refractivity contribution in [3.8, 4) is 0 Å². The first-order chi connectivity index (χ1) is 12.9. The second-order valence-corrected chi connectivity index (χ2v) is 6.83. The average molecular weight is 433 g/mol. The van der Waals surface area contributed by atoms with Crippen molar-refractivity contribution in [3.63, 3.8) is 0 Å². The number of nitrogens with two attached hydrogens (primary N) is 1. The van der Waals surface area contributed by atoms with Gasteiger partial charge in [0.05, 0.1) is 5.69 Å². The summed E-state index contributed by atoms with van der Waals surface area (Å²) >= 11 is 3.49. The monoisotopic (exact) mass is 432 g/mol. The number of rotatable bonds is 2. The number of carbonyl (C=O) groups excluding carboxylic acids is 2. The molecule has 0 fully saturated rings. The van der Waals surface area contributed by atoms with Gasteiger partial charge in [-0.3, -0.25) is 9.59 Å². The number of amides is 1. The molecule has 0 bridgehead atoms. The van der Waals surface area contributed by atoms with Crippen molar-refractivity contribution in [1.29, 1.82) is 0 Å². The fourth-order valence-electron chi connectivity index (χ4n) is 2.96. The Labute approximate surface area is 170 Å². The fourth-order valence-corrected chi connectivity index (χ4v) is 3.51. The van der Waals surface area contributed by atoms with Crippen LogP contribution in [0.3, 0.4) is 0 Å². The molecule has 3 rings (SSSR count). The Hall–Kier alpha value is -2.14. The highest BCUT2D eigenvalue weighted by atomic mass is 79.9. The van der Waals surface area contributed by atoms with E-state index in [4.69, 9.17) is 5.73 Å². The predicted octanol–water partition coefficient (Wildman–Crippen LogP) is 5.89. The van der Waals surface area contributed by atoms with Crippen molar-refractivity contribution in [3.05, 3.63) is 63.9 Å². The zero-order valence-corrected chi connectivity index (χ0v) is 18.2. The summed E-state index contributed by atoms with van der Waals surface area (Å²) in [5.41, 5.74) is 9.46. The molecule has 0 spiro atoms. The number of carbonyl (C=O) groups is 2. The highest BCUT2D eigenvalue weighted by Gasteiger charge is 2.33. The minimum Gasteiger partial charge on any atom is -0.366 e. The van der Waals surface area contributed by atoms with Crippen LogP contribution >= 0.6 is 15.9 Å². The minimum atomic E-state index is -0.463. The highest BCUT2D eigenvalue weighted by Crippen LogP contribution is 2.43. The molecule has 4 nitrogen and oxygen atoms in total. The predicted molar refractivity (Wildman–Crippen MR) is 117 cm³/mol. The number of nitrogens with zero attached hydrogens (tertiary/aromatic N) is 1. The Morgan fingerprint density at radius 1 is 1.22 bits per heavy atom. The lowest BCUT2D eigenvalue weighted by Gasteiger charge is -2.26. The van der Waals surface area contributed by atoms with Crippen molar-refractivity contribution >= 4 is 33.3 Å². The number of ketones is 1. The molecule has 2 N–H and O–H groups in total. The summed E-state index contributed by atoms with van der Waals surface area (Å²) in [6.07, 6.45) is 6.99. The van der Waals surface area contributed by atoms with Gasteiger partial charge in [0.1, 0.15) is 0 Å². The van der Waals surface area contributed by atoms with Crippen molar-refractivity contribution in [2.24, 2.45) is 5.73 Å². The molecule has 0 unspecified atom stereocenters. The van der Waals surface area contributed by atoms with Gasteiger partial charge in [0.15, 0.2) is 5.78 Å². The van der Waals surface area contributed by atoms with E-state index in [2.05, 4.69) is 22.5 Å². The van der Waals surface area contributed by atoms with Gasteiger partial charge >= 0.3 is 0 Å². The van der Waals surface area contributed by atoms with E-state index in [1.54, 1.807) is 12.1 Å². The Balaban J connectivity index is 0.000000541. The molecule has 146 valence electrons. The van der Waals surface area contributed by atoms with Crippen LogP contribution in [-0.4, -0.2) is 11.7 Å². The molecule has 5 heteroatoms. The second-order valence-electron chi connectivity index (χ2n) is 5.98. The third kappa shape index (κ3) is 5.42. The van der Waals surface area contributed by atoms with Gasteiger partial charge in [-0.05, 0) is 60.8 Å². The number of benzene rings is 1. The Morgan fingerprint density at radius 2 is 1.85 bits per heavy atom. The number of Topliss-reactive ketones (excluding diaryl/α,β-unsaturated/α-hetero) is 1. The van der Waals surface area contributed by atoms with Crippen LogP contribution in [-0.2, 0) is 4.79 Å². The highest BCUT2D eigenvalue weighted by molar-refractivity contribution is 9.10. The molecule has 0 saturated heterocycles. The molecule has 0 radical (unpaired) electrons. The van der Waals surface area contributed by atoms with Crippen LogP contribution in [0.15, 0.2) is 58.4 Å². The Morgan fingerprint density at radius 3 is 2.37 bits per heavy atom. The van der Waals surface area contributed by atoms with E-state index < -0.39 is 5.91 Å². The summed E-state index contributed by atoms with van der Waals surface area (Å²) in [6, 6.07) is 5.23. The molecule has 1 aromatic carbocycles. The third-order valence-electron chi connectivity index (χ3n) is 4.28. The zero-order chi connectivity index (χ0) is 20.6. The molecule has 0 saturated carbocycles. The van der Waals surface area contributed by atoms with E-state index in [0.717, 1.165) is 40.0 Å². The molecule has 1 aromatic rings. The van der Waals surface area contributed by atoms with Gasteiger partial charge in [0.2, 0.25) is 5.91 Å². The lowest BCUT2D eigenvalue weighted by molar-refractivity contribution is -0.116. The van der Waals surface area contributed by atoms with E-state index in [-0.39, 0.29) is 5.78 Å². The molecule has 1 aliphatic carbocycles. The largest absolute Gasteiger partial charge is 0.366 e. The summed E-state index contributed by atoms with van der Waals surface area (Å²) in [7, 11) is 0. The van der Waals surface area contributed by atoms with E-state index in [0.29, 0.717) is 18.4 Å². The molecule has 1 amide bonds. The summed E-state index contributed by atoms with van der Waals surface area (Å²) in [5, 5.41) is 0. The van der Waals surface area contributed by atoms with Crippen molar-refractivity contribution < 1.29 is 9.59 Å². The number of anilines is 1. The number of allylic oxidation sites excluding steroid dienone is 4. The summed E-state index contributed by atoms with van der Waals surface area (Å²) in [4.78, 5) is 25.3. The number of halogens is 1. The number of hydrogen-bond acceptors (Lipinski definition) is 3. The first kappa shape index (κ1) is 22.9. The second kappa shape index (κ2) is 10.9. The van der Waals surface area contributed by atoms with Crippen molar-refractivity contribution in [2.45, 2.75) is 53.4 Å². The van der Waals surface area contributed by atoms with Gasteiger partial charge in [-0.15, -0.1) is 0 Å². The summed E-state index contributed by atoms with van der Waals surface area (Å²) < 4.78 is 0.770. The maximum atomic E-state index is 12.0. The molecule has 1 aliphatic heterocycles. The van der Waals surface area contributed by atoms with E-state index >= 15 is 0 Å². The molecular weight excluding hydrogens is 404 g/mol. The molecule has 1 heterocycles. The summed E-state index contributed by atoms with van der Waals surface area (Å²) in [6.45, 7) is 12.1. The van der Waals surface area contributed by atoms with Crippen molar-refractivity contribution in [2.75, 3.05) is 4.90 Å². The van der Waals surface area contributed by atoms with Gasteiger partial charge in [-0.1, -0.05) is 32.6 Å². The van der Waals surface area contributed by atoms with Crippen LogP contribution in [0.4, 0.5) is 5.69 Å². The van der Waals surface area contributed by atoms with Crippen LogP contribution in [0.25, 0.3) is 0 Å². The van der Waals surface area contributed by atoms with Crippen LogP contribution in [0.2, 0.25) is 0 Å². The maximum absolute atomic E-state index is 12.0. The molecule has 0 aromatic heterocycles. The average Bonchev–Trinajstić information content (AvgIpc) is 3.01. The molecule has 2 aliphatic rings. The Bertz CT molecular complexity index is 775. The summed E-state index contributed by atoms with van der Waals surface area (Å²) in [5.74, 6) is -0.236. The van der Waals surface area contributed by atoms with E-state index in [1.807, 2.05) is 50.8 Å². The Kier molecular flexibility index (Phi) is 9.22. The SMILES string of the molecule is C/C=C\C.C=C1CC2=C(CCCC2=O)N1c1ccc(C(N)=O)cc1Br.CC. The molecular formula is C22H29BrN2O2. The van der Waals surface area contributed by atoms with Gasteiger partial charge < -0.3 is 10.6 Å². The first-order valence-corrected chi connectivity index (χ1v) is 10.1. The third-order valence-corrected chi connectivity index (χ3v) is 4.91. The smallest absolute Gasteiger partial charge is 0.248 e. The quantitative estimate of drug-likeness (QED) is 0.592. The van der Waals surface area contributed by atoms with Crippen LogP contribution in [0.1, 0.15) is 63.7 Å². The van der Waals surface area contributed by atoms with Gasteiger partial charge in [-0.25, -0.2) is 0 Å². The van der Waals surface area contributed by atoms with E-state index in [1.165, 1.54) is 0 Å². The van der Waals surface area contributed by atoms with Crippen LogP contribution < -0.4 is 10.6 Å². The molecule has 27 heavy (non-hydrogen) atoms. The lowest BCUT2D eigenvalue weighted by Crippen LogP contribution is -2.20. The number of primary amides is 1. The van der Waals surface area contributed by atoms with Gasteiger partial charge in [0, 0.05) is 39.8 Å². The topological polar surface area (TPSA) is 63.4 Å². The standard InChI is InChI=1S/C16H15BrN2O2.C4H8.C2H6/c1-9-7-11-13(3-2-4-15(11)20)19(9)14-6-5-10(16(18)21)8-12(14)17;1-3-4-2;1-2/h5-6,8H,1-4,7H2,(H2,18,21);3-4H,1-2H3;1-2H3/b;4-3-;. The normalized spacial score (nSPS) is 15.8.